The molecule has 0 aromatic heterocycles. The number of allylic oxidation sites excluding steroid dienone is 1. The summed E-state index contributed by atoms with van der Waals surface area (Å²) in [6, 6.07) is 11.6. The molecule has 1 N–H and O–H groups in total. The van der Waals surface area contributed by atoms with Crippen molar-refractivity contribution in [1.29, 1.82) is 5.41 Å². The summed E-state index contributed by atoms with van der Waals surface area (Å²) in [4.78, 5) is 34.2. The molecule has 0 atom stereocenters. The van der Waals surface area contributed by atoms with E-state index in [1.165, 1.54) is 18.2 Å². The Hall–Kier alpha value is -3.72. The second-order valence-corrected chi connectivity index (χ2v) is 7.49. The maximum absolute atomic E-state index is 12.4. The summed E-state index contributed by atoms with van der Waals surface area (Å²) in [5, 5.41) is 9.46. The minimum absolute atomic E-state index is 0.0832. The lowest BCUT2D eigenvalue weighted by atomic mass is 10.1. The van der Waals surface area contributed by atoms with Crippen LogP contribution in [0.1, 0.15) is 22.8 Å². The lowest BCUT2D eigenvalue weighted by molar-refractivity contribution is -0.114. The molecule has 9 heteroatoms. The van der Waals surface area contributed by atoms with Crippen molar-refractivity contribution in [2.45, 2.75) is 6.92 Å². The van der Waals surface area contributed by atoms with Gasteiger partial charge in [0.15, 0.2) is 11.7 Å². The first-order valence-corrected chi connectivity index (χ1v) is 9.91. The van der Waals surface area contributed by atoms with Gasteiger partial charge in [-0.05, 0) is 64.8 Å². The second-order valence-electron chi connectivity index (χ2n) is 6.63. The third-order valence-corrected chi connectivity index (χ3v) is 5.08. The molecule has 2 heterocycles. The van der Waals surface area contributed by atoms with Crippen molar-refractivity contribution in [3.63, 3.8) is 0 Å². The number of esters is 1. The summed E-state index contributed by atoms with van der Waals surface area (Å²) < 4.78 is 11.1. The molecule has 0 bridgehead atoms. The minimum Gasteiger partial charge on any atom is -0.497 e. The zero-order chi connectivity index (χ0) is 22.1. The van der Waals surface area contributed by atoms with Crippen molar-refractivity contribution in [2.75, 3.05) is 7.11 Å². The van der Waals surface area contributed by atoms with Gasteiger partial charge in [-0.1, -0.05) is 12.1 Å². The maximum Gasteiger partial charge on any atom is 0.343 e. The SMILES string of the molecule is COc1cccc(C(=O)Oc2ccc(/C=C3\C(=N)N4OC(C)=CC4=NC3=O)cc2Br)c1. The molecule has 8 nitrogen and oxygen atoms in total. The van der Waals surface area contributed by atoms with E-state index in [2.05, 4.69) is 20.9 Å². The summed E-state index contributed by atoms with van der Waals surface area (Å²) in [5.74, 6) is 0.512. The highest BCUT2D eigenvalue weighted by Gasteiger charge is 2.34. The Kier molecular flexibility index (Phi) is 5.43. The monoisotopic (exact) mass is 481 g/mol. The van der Waals surface area contributed by atoms with Gasteiger partial charge in [-0.2, -0.15) is 4.99 Å². The number of halogens is 1. The Morgan fingerprint density at radius 2 is 2.06 bits per heavy atom. The number of rotatable bonds is 4. The van der Waals surface area contributed by atoms with Gasteiger partial charge in [0.2, 0.25) is 0 Å². The fourth-order valence-corrected chi connectivity index (χ4v) is 3.44. The Bertz CT molecular complexity index is 1220. The molecule has 0 aliphatic carbocycles. The number of fused-ring (bicyclic) bond motifs is 1. The number of nitrogens with zero attached hydrogens (tertiary/aromatic N) is 2. The number of ether oxygens (including phenoxy) is 2. The zero-order valence-electron chi connectivity index (χ0n) is 16.5. The Morgan fingerprint density at radius 3 is 2.81 bits per heavy atom. The Labute approximate surface area is 186 Å². The first kappa shape index (κ1) is 20.5. The van der Waals surface area contributed by atoms with Crippen molar-refractivity contribution in [2.24, 2.45) is 4.99 Å². The number of benzene rings is 2. The van der Waals surface area contributed by atoms with Gasteiger partial charge in [0.05, 0.1) is 22.7 Å². The molecule has 0 saturated carbocycles. The fraction of sp³-hybridized carbons (Fsp3) is 0.0909. The molecule has 0 fully saturated rings. The maximum atomic E-state index is 12.4. The standard InChI is InChI=1S/C22H16BrN3O5/c1-12-8-19-25-21(27)16(20(24)26(19)31-12)9-13-6-7-18(17(23)10-13)30-22(28)14-4-3-5-15(11-14)29-2/h3-11,24H,1-2H3/b16-9+,24-20?. The van der Waals surface area contributed by atoms with Gasteiger partial charge >= 0.3 is 5.97 Å². The molecule has 2 aromatic carbocycles. The van der Waals surface area contributed by atoms with Crippen molar-refractivity contribution < 1.29 is 23.9 Å². The lowest BCUT2D eigenvalue weighted by Crippen LogP contribution is -2.38. The van der Waals surface area contributed by atoms with Crippen LogP contribution >= 0.6 is 15.9 Å². The average molecular weight is 482 g/mol. The third kappa shape index (κ3) is 4.13. The van der Waals surface area contributed by atoms with E-state index in [1.807, 2.05) is 0 Å². The van der Waals surface area contributed by atoms with Crippen molar-refractivity contribution in [1.82, 2.24) is 5.06 Å². The number of nitrogens with one attached hydrogen (secondary N) is 1. The van der Waals surface area contributed by atoms with E-state index in [4.69, 9.17) is 19.7 Å². The van der Waals surface area contributed by atoms with Crippen LogP contribution in [-0.2, 0) is 9.63 Å². The molecule has 156 valence electrons. The van der Waals surface area contributed by atoms with E-state index >= 15 is 0 Å². The van der Waals surface area contributed by atoms with Gasteiger partial charge in [-0.15, -0.1) is 5.06 Å². The van der Waals surface area contributed by atoms with Crippen molar-refractivity contribution in [3.8, 4) is 11.5 Å². The van der Waals surface area contributed by atoms with Gasteiger partial charge in [0.1, 0.15) is 17.3 Å². The van der Waals surface area contributed by atoms with Crippen molar-refractivity contribution >= 4 is 45.6 Å². The number of methoxy groups -OCH3 is 1. The number of amides is 1. The highest BCUT2D eigenvalue weighted by molar-refractivity contribution is 9.10. The summed E-state index contributed by atoms with van der Waals surface area (Å²) in [7, 11) is 1.52. The number of hydrogen-bond acceptors (Lipinski definition) is 6. The molecule has 2 aliphatic heterocycles. The molecular formula is C22H16BrN3O5. The normalized spacial score (nSPS) is 16.5. The van der Waals surface area contributed by atoms with Crippen LogP contribution in [0.3, 0.4) is 0 Å². The van der Waals surface area contributed by atoms with Crippen LogP contribution in [0.25, 0.3) is 6.08 Å². The first-order valence-electron chi connectivity index (χ1n) is 9.11. The van der Waals surface area contributed by atoms with Crippen LogP contribution in [0, 0.1) is 5.41 Å². The molecule has 31 heavy (non-hydrogen) atoms. The molecule has 2 aromatic rings. The zero-order valence-corrected chi connectivity index (χ0v) is 18.1. The second kappa shape index (κ2) is 8.19. The molecule has 0 radical (unpaired) electrons. The summed E-state index contributed by atoms with van der Waals surface area (Å²) in [6.45, 7) is 1.71. The molecular weight excluding hydrogens is 466 g/mol. The lowest BCUT2D eigenvalue weighted by Gasteiger charge is -2.23. The number of carbonyl (C=O) groups is 2. The number of hydroxylamine groups is 2. The molecule has 2 aliphatic rings. The van der Waals surface area contributed by atoms with Crippen LogP contribution in [0.15, 0.2) is 69.3 Å². The molecule has 0 saturated heterocycles. The van der Waals surface area contributed by atoms with Gasteiger partial charge in [0.25, 0.3) is 5.91 Å². The third-order valence-electron chi connectivity index (χ3n) is 4.46. The van der Waals surface area contributed by atoms with Crippen LogP contribution in [0.5, 0.6) is 11.5 Å². The van der Waals surface area contributed by atoms with E-state index in [-0.39, 0.29) is 17.2 Å². The molecule has 1 amide bonds. The number of carbonyl (C=O) groups excluding carboxylic acids is 2. The van der Waals surface area contributed by atoms with E-state index in [0.29, 0.717) is 32.9 Å². The molecule has 0 spiro atoms. The van der Waals surface area contributed by atoms with Crippen LogP contribution in [0.4, 0.5) is 0 Å². The predicted octanol–water partition coefficient (Wildman–Crippen LogP) is 4.13. The van der Waals surface area contributed by atoms with E-state index in [1.54, 1.807) is 55.5 Å². The van der Waals surface area contributed by atoms with E-state index in [0.717, 1.165) is 0 Å². The quantitative estimate of drug-likeness (QED) is 0.400. The summed E-state index contributed by atoms with van der Waals surface area (Å²) >= 11 is 3.38. The minimum atomic E-state index is -0.536. The Morgan fingerprint density at radius 1 is 1.26 bits per heavy atom. The average Bonchev–Trinajstić information content (AvgIpc) is 3.13. The number of amidine groups is 2. The summed E-state index contributed by atoms with van der Waals surface area (Å²) in [6.07, 6.45) is 3.12. The number of aliphatic imine (C=N–C) groups is 1. The van der Waals surface area contributed by atoms with Crippen LogP contribution < -0.4 is 9.47 Å². The van der Waals surface area contributed by atoms with Gasteiger partial charge in [-0.3, -0.25) is 10.2 Å². The fourth-order valence-electron chi connectivity index (χ4n) is 2.97. The topological polar surface area (TPSA) is 101 Å². The van der Waals surface area contributed by atoms with Gasteiger partial charge < -0.3 is 14.3 Å². The molecule has 0 unspecified atom stereocenters. The van der Waals surface area contributed by atoms with E-state index in [9.17, 15) is 9.59 Å². The molecule has 4 rings (SSSR count). The van der Waals surface area contributed by atoms with Crippen molar-refractivity contribution in [3.05, 3.63) is 75.5 Å². The van der Waals surface area contributed by atoms with Crippen LogP contribution in [-0.4, -0.2) is 35.7 Å². The van der Waals surface area contributed by atoms with Crippen LogP contribution in [0.2, 0.25) is 0 Å². The van der Waals surface area contributed by atoms with E-state index < -0.39 is 11.9 Å². The highest BCUT2D eigenvalue weighted by Crippen LogP contribution is 2.29. The largest absolute Gasteiger partial charge is 0.497 e. The highest BCUT2D eigenvalue weighted by atomic mass is 79.9. The smallest absolute Gasteiger partial charge is 0.343 e. The first-order chi connectivity index (χ1) is 14.9. The van der Waals surface area contributed by atoms with Gasteiger partial charge in [-0.25, -0.2) is 4.79 Å². The predicted molar refractivity (Wildman–Crippen MR) is 117 cm³/mol. The number of hydrogen-bond donors (Lipinski definition) is 1. The Balaban J connectivity index is 1.55. The van der Waals surface area contributed by atoms with Gasteiger partial charge in [0, 0.05) is 6.08 Å². The summed E-state index contributed by atoms with van der Waals surface area (Å²) in [5.41, 5.74) is 1.05.